The Morgan fingerprint density at radius 3 is 2.50 bits per heavy atom. The minimum absolute atomic E-state index is 0.123. The molecule has 0 heterocycles. The van der Waals surface area contributed by atoms with E-state index in [2.05, 4.69) is 34.0 Å². The lowest BCUT2D eigenvalue weighted by Gasteiger charge is -2.27. The zero-order chi connectivity index (χ0) is 10.8. The van der Waals surface area contributed by atoms with Crippen LogP contribution in [0.2, 0.25) is 6.82 Å². The van der Waals surface area contributed by atoms with E-state index < -0.39 is 0 Å². The third-order valence-corrected chi connectivity index (χ3v) is 3.23. The van der Waals surface area contributed by atoms with Gasteiger partial charge in [0, 0.05) is 0 Å². The van der Waals surface area contributed by atoms with Crippen LogP contribution in [0.1, 0.15) is 31.4 Å². The number of phenolic OH excluding ortho intramolecular Hbond substituents is 1. The Morgan fingerprint density at radius 1 is 1.43 bits per heavy atom. The fourth-order valence-corrected chi connectivity index (χ4v) is 1.59. The Hall–Kier alpha value is -0.915. The minimum atomic E-state index is 0.123. The smallest absolute Gasteiger partial charge is 0.120 e. The first kappa shape index (κ1) is 11.2. The van der Waals surface area contributed by atoms with Crippen LogP contribution in [0.5, 0.6) is 5.75 Å². The summed E-state index contributed by atoms with van der Waals surface area (Å²) in [6, 6.07) is 5.85. The number of hydrogen-bond donors (Lipinski definition) is 1. The molecular weight excluding hydrogens is 171 g/mol. The number of phenols is 1. The molecule has 0 saturated carbocycles. The van der Waals surface area contributed by atoms with Gasteiger partial charge in [-0.25, -0.2) is 0 Å². The van der Waals surface area contributed by atoms with Gasteiger partial charge in [0.1, 0.15) is 13.0 Å². The Morgan fingerprint density at radius 2 is 2.07 bits per heavy atom. The number of rotatable bonds is 3. The van der Waals surface area contributed by atoms with Gasteiger partial charge in [0.05, 0.1) is 0 Å². The second kappa shape index (κ2) is 4.08. The molecule has 0 bridgehead atoms. The average Bonchev–Trinajstić information content (AvgIpc) is 2.21. The summed E-state index contributed by atoms with van der Waals surface area (Å²) < 4.78 is 0. The molecule has 0 amide bonds. The Kier molecular flexibility index (Phi) is 3.25. The van der Waals surface area contributed by atoms with Gasteiger partial charge >= 0.3 is 0 Å². The van der Waals surface area contributed by atoms with E-state index in [0.29, 0.717) is 5.75 Å². The molecule has 0 aliphatic carbocycles. The summed E-state index contributed by atoms with van der Waals surface area (Å²) in [6.45, 7) is 8.43. The number of hydrogen-bond acceptors (Lipinski definition) is 1. The summed E-state index contributed by atoms with van der Waals surface area (Å²) in [7, 11) is 2.22. The van der Waals surface area contributed by atoms with E-state index >= 15 is 0 Å². The largest absolute Gasteiger partial charge is 0.508 e. The highest BCUT2D eigenvalue weighted by Crippen LogP contribution is 2.29. The fraction of sp³-hybridized carbons (Fsp3) is 0.500. The molecule has 75 valence electrons. The predicted molar refractivity (Wildman–Crippen MR) is 62.1 cm³/mol. The molecular formula is C12H18BO. The molecule has 1 aromatic carbocycles. The van der Waals surface area contributed by atoms with Gasteiger partial charge in [-0.05, 0) is 29.4 Å². The van der Waals surface area contributed by atoms with E-state index in [9.17, 15) is 5.11 Å². The Labute approximate surface area is 87.4 Å². The molecule has 0 aliphatic heterocycles. The van der Waals surface area contributed by atoms with E-state index in [1.807, 2.05) is 13.0 Å². The topological polar surface area (TPSA) is 20.2 Å². The van der Waals surface area contributed by atoms with E-state index in [1.54, 1.807) is 6.07 Å². The number of aryl methyl sites for hydroxylation is 1. The highest BCUT2D eigenvalue weighted by Gasteiger charge is 2.22. The molecule has 1 nitrogen and oxygen atoms in total. The summed E-state index contributed by atoms with van der Waals surface area (Å²) in [5, 5.41) is 9.57. The summed E-state index contributed by atoms with van der Waals surface area (Å²) in [4.78, 5) is 0. The molecule has 2 heteroatoms. The fourth-order valence-electron chi connectivity index (χ4n) is 1.59. The van der Waals surface area contributed by atoms with Gasteiger partial charge in [0.15, 0.2) is 0 Å². The second-order valence-corrected chi connectivity index (χ2v) is 4.06. The van der Waals surface area contributed by atoms with E-state index in [-0.39, 0.29) is 5.31 Å². The maximum atomic E-state index is 9.44. The third kappa shape index (κ3) is 1.94. The van der Waals surface area contributed by atoms with Crippen LogP contribution < -0.4 is 0 Å². The maximum absolute atomic E-state index is 9.44. The minimum Gasteiger partial charge on any atom is -0.508 e. The lowest BCUT2D eigenvalue weighted by atomic mass is 9.51. The molecule has 1 atom stereocenters. The number of benzene rings is 1. The monoisotopic (exact) mass is 189 g/mol. The highest BCUT2D eigenvalue weighted by molar-refractivity contribution is 6.38. The Bertz CT molecular complexity index is 316. The molecule has 0 spiro atoms. The van der Waals surface area contributed by atoms with Gasteiger partial charge in [0.2, 0.25) is 0 Å². The molecule has 0 saturated heterocycles. The first-order valence-corrected chi connectivity index (χ1v) is 5.14. The van der Waals surface area contributed by atoms with Crippen molar-refractivity contribution in [2.75, 3.05) is 0 Å². The summed E-state index contributed by atoms with van der Waals surface area (Å²) in [5.74, 6) is 0.378. The summed E-state index contributed by atoms with van der Waals surface area (Å²) in [6.07, 6.45) is 1.08. The van der Waals surface area contributed by atoms with Crippen molar-refractivity contribution >= 4 is 7.28 Å². The molecule has 0 aliphatic rings. The molecule has 14 heavy (non-hydrogen) atoms. The van der Waals surface area contributed by atoms with E-state index in [1.165, 1.54) is 5.56 Å². The van der Waals surface area contributed by atoms with Crippen LogP contribution in [0.25, 0.3) is 0 Å². The standard InChI is InChI=1S/C12H18BO/c1-5-12(3,13-4)10-6-7-11(14)9(2)8-10/h6-8,14H,5H2,1-4H3. The second-order valence-electron chi connectivity index (χ2n) is 4.06. The van der Waals surface area contributed by atoms with Crippen molar-refractivity contribution in [3.8, 4) is 5.75 Å². The SMILES string of the molecule is C[B]C(C)(CC)c1ccc(O)c(C)c1. The molecule has 0 fully saturated rings. The van der Waals surface area contributed by atoms with Crippen molar-refractivity contribution in [1.29, 1.82) is 0 Å². The van der Waals surface area contributed by atoms with Gasteiger partial charge in [-0.3, -0.25) is 0 Å². The number of aromatic hydroxyl groups is 1. The lowest BCUT2D eigenvalue weighted by Crippen LogP contribution is -2.26. The normalized spacial score (nSPS) is 14.9. The van der Waals surface area contributed by atoms with Gasteiger partial charge < -0.3 is 5.11 Å². The summed E-state index contributed by atoms with van der Waals surface area (Å²) in [5.41, 5.74) is 2.22. The van der Waals surface area contributed by atoms with Gasteiger partial charge in [-0.15, -0.1) is 0 Å². The van der Waals surface area contributed by atoms with Crippen molar-refractivity contribution in [1.82, 2.24) is 0 Å². The van der Waals surface area contributed by atoms with Crippen molar-refractivity contribution in [3.63, 3.8) is 0 Å². The van der Waals surface area contributed by atoms with Gasteiger partial charge in [0.25, 0.3) is 0 Å². The molecule has 1 aromatic rings. The van der Waals surface area contributed by atoms with Crippen LogP contribution >= 0.6 is 0 Å². The predicted octanol–water partition coefficient (Wildman–Crippen LogP) is 3.08. The van der Waals surface area contributed by atoms with Crippen molar-refractivity contribution in [2.24, 2.45) is 0 Å². The zero-order valence-electron chi connectivity index (χ0n) is 9.46. The maximum Gasteiger partial charge on any atom is 0.120 e. The van der Waals surface area contributed by atoms with Crippen LogP contribution in [0, 0.1) is 6.92 Å². The van der Waals surface area contributed by atoms with Crippen molar-refractivity contribution in [3.05, 3.63) is 29.3 Å². The molecule has 0 aromatic heterocycles. The van der Waals surface area contributed by atoms with Crippen LogP contribution in [0.4, 0.5) is 0 Å². The third-order valence-electron chi connectivity index (χ3n) is 3.23. The average molecular weight is 189 g/mol. The first-order valence-electron chi connectivity index (χ1n) is 5.14. The van der Waals surface area contributed by atoms with Crippen LogP contribution in [0.15, 0.2) is 18.2 Å². The lowest BCUT2D eigenvalue weighted by molar-refractivity contribution is 0.470. The molecule has 1 rings (SSSR count). The van der Waals surface area contributed by atoms with Crippen molar-refractivity contribution in [2.45, 2.75) is 39.3 Å². The quantitative estimate of drug-likeness (QED) is 0.724. The molecule has 1 N–H and O–H groups in total. The molecule has 1 radical (unpaired) electrons. The van der Waals surface area contributed by atoms with Gasteiger partial charge in [-0.1, -0.05) is 39.2 Å². The van der Waals surface area contributed by atoms with Crippen LogP contribution in [0.3, 0.4) is 0 Å². The van der Waals surface area contributed by atoms with E-state index in [4.69, 9.17) is 0 Å². The summed E-state index contributed by atoms with van der Waals surface area (Å²) >= 11 is 0. The zero-order valence-corrected chi connectivity index (χ0v) is 9.46. The van der Waals surface area contributed by atoms with Gasteiger partial charge in [-0.2, -0.15) is 0 Å². The van der Waals surface area contributed by atoms with Crippen LogP contribution in [-0.2, 0) is 5.31 Å². The van der Waals surface area contributed by atoms with E-state index in [0.717, 1.165) is 12.0 Å². The molecule has 1 unspecified atom stereocenters. The highest BCUT2D eigenvalue weighted by atomic mass is 16.3. The Balaban J connectivity index is 3.12. The van der Waals surface area contributed by atoms with Crippen LogP contribution in [-0.4, -0.2) is 12.4 Å². The van der Waals surface area contributed by atoms with Crippen molar-refractivity contribution < 1.29 is 5.11 Å². The first-order chi connectivity index (χ1) is 6.53.